The Labute approximate surface area is 163 Å². The van der Waals surface area contributed by atoms with Crippen LogP contribution in [0.25, 0.3) is 11.1 Å². The van der Waals surface area contributed by atoms with Crippen LogP contribution in [0.1, 0.15) is 28.8 Å². The minimum atomic E-state index is -0.911. The average Bonchev–Trinajstić information content (AvgIpc) is 2.75. The first-order chi connectivity index (χ1) is 13.6. The maximum absolute atomic E-state index is 12.4. The smallest absolute Gasteiger partial charge is 0.303 e. The SMILES string of the molecule is O=C(O)CC/C(=N\NC(=O)c1ccc(-c2ccccc2)cc1)c1ccccc1. The summed E-state index contributed by atoms with van der Waals surface area (Å²) in [4.78, 5) is 23.3. The summed E-state index contributed by atoms with van der Waals surface area (Å²) >= 11 is 0. The zero-order valence-corrected chi connectivity index (χ0v) is 15.2. The number of benzene rings is 3. The number of carbonyl (C=O) groups is 2. The minimum Gasteiger partial charge on any atom is -0.481 e. The molecule has 140 valence electrons. The molecule has 0 radical (unpaired) electrons. The Morgan fingerprint density at radius 3 is 1.89 bits per heavy atom. The third-order valence-corrected chi connectivity index (χ3v) is 4.23. The predicted molar refractivity (Wildman–Crippen MR) is 109 cm³/mol. The van der Waals surface area contributed by atoms with E-state index in [0.717, 1.165) is 16.7 Å². The number of carbonyl (C=O) groups excluding carboxylic acids is 1. The Morgan fingerprint density at radius 2 is 1.29 bits per heavy atom. The van der Waals surface area contributed by atoms with E-state index in [1.807, 2.05) is 72.8 Å². The molecule has 5 heteroatoms. The zero-order valence-electron chi connectivity index (χ0n) is 15.2. The fourth-order valence-electron chi connectivity index (χ4n) is 2.75. The number of rotatable bonds is 7. The quantitative estimate of drug-likeness (QED) is 0.478. The van der Waals surface area contributed by atoms with Crippen LogP contribution in [-0.4, -0.2) is 22.7 Å². The Kier molecular flexibility index (Phi) is 6.31. The van der Waals surface area contributed by atoms with Gasteiger partial charge in [-0.05, 0) is 28.8 Å². The maximum atomic E-state index is 12.4. The van der Waals surface area contributed by atoms with Gasteiger partial charge in [-0.15, -0.1) is 0 Å². The third-order valence-electron chi connectivity index (χ3n) is 4.23. The molecule has 0 aliphatic carbocycles. The molecule has 0 heterocycles. The predicted octanol–water partition coefficient (Wildman–Crippen LogP) is 4.35. The molecule has 28 heavy (non-hydrogen) atoms. The summed E-state index contributed by atoms with van der Waals surface area (Å²) < 4.78 is 0. The lowest BCUT2D eigenvalue weighted by Crippen LogP contribution is -2.20. The fraction of sp³-hybridized carbons (Fsp3) is 0.0870. The molecule has 0 fully saturated rings. The summed E-state index contributed by atoms with van der Waals surface area (Å²) in [6.45, 7) is 0. The monoisotopic (exact) mass is 372 g/mol. The number of aliphatic carboxylic acids is 1. The van der Waals surface area contributed by atoms with Crippen LogP contribution in [0.2, 0.25) is 0 Å². The number of amides is 1. The van der Waals surface area contributed by atoms with E-state index in [4.69, 9.17) is 5.11 Å². The molecular weight excluding hydrogens is 352 g/mol. The van der Waals surface area contributed by atoms with Crippen molar-refractivity contribution in [1.29, 1.82) is 0 Å². The maximum Gasteiger partial charge on any atom is 0.303 e. The van der Waals surface area contributed by atoms with E-state index in [1.165, 1.54) is 0 Å². The molecule has 0 aromatic heterocycles. The van der Waals surface area contributed by atoms with Gasteiger partial charge >= 0.3 is 5.97 Å². The largest absolute Gasteiger partial charge is 0.481 e. The number of nitrogens with one attached hydrogen (secondary N) is 1. The average molecular weight is 372 g/mol. The summed E-state index contributed by atoms with van der Waals surface area (Å²) in [7, 11) is 0. The van der Waals surface area contributed by atoms with Crippen LogP contribution in [0.3, 0.4) is 0 Å². The molecule has 0 saturated carbocycles. The van der Waals surface area contributed by atoms with Gasteiger partial charge in [0, 0.05) is 12.0 Å². The topological polar surface area (TPSA) is 78.8 Å². The van der Waals surface area contributed by atoms with Gasteiger partial charge < -0.3 is 5.11 Å². The van der Waals surface area contributed by atoms with E-state index in [-0.39, 0.29) is 18.7 Å². The zero-order chi connectivity index (χ0) is 19.8. The normalized spacial score (nSPS) is 11.1. The second-order valence-corrected chi connectivity index (χ2v) is 6.20. The van der Waals surface area contributed by atoms with E-state index >= 15 is 0 Å². The fourth-order valence-corrected chi connectivity index (χ4v) is 2.75. The molecule has 0 bridgehead atoms. The van der Waals surface area contributed by atoms with Gasteiger partial charge in [-0.3, -0.25) is 9.59 Å². The highest BCUT2D eigenvalue weighted by atomic mass is 16.4. The first-order valence-corrected chi connectivity index (χ1v) is 8.93. The van der Waals surface area contributed by atoms with Gasteiger partial charge in [0.1, 0.15) is 0 Å². The van der Waals surface area contributed by atoms with Gasteiger partial charge in [0.2, 0.25) is 0 Å². The van der Waals surface area contributed by atoms with E-state index in [1.54, 1.807) is 12.1 Å². The van der Waals surface area contributed by atoms with Crippen molar-refractivity contribution < 1.29 is 14.7 Å². The van der Waals surface area contributed by atoms with Crippen LogP contribution in [0.4, 0.5) is 0 Å². The molecule has 0 unspecified atom stereocenters. The van der Waals surface area contributed by atoms with E-state index < -0.39 is 5.97 Å². The third kappa shape index (κ3) is 5.14. The van der Waals surface area contributed by atoms with Crippen molar-refractivity contribution in [2.75, 3.05) is 0 Å². The molecule has 3 aromatic rings. The molecule has 0 atom stereocenters. The van der Waals surface area contributed by atoms with E-state index in [0.29, 0.717) is 11.3 Å². The second-order valence-electron chi connectivity index (χ2n) is 6.20. The van der Waals surface area contributed by atoms with Gasteiger partial charge in [0.05, 0.1) is 12.1 Å². The van der Waals surface area contributed by atoms with Crippen molar-refractivity contribution in [2.45, 2.75) is 12.8 Å². The summed E-state index contributed by atoms with van der Waals surface area (Å²) in [5, 5.41) is 13.1. The number of hydrogen-bond donors (Lipinski definition) is 2. The molecule has 5 nitrogen and oxygen atoms in total. The van der Waals surface area contributed by atoms with Crippen molar-refractivity contribution in [3.63, 3.8) is 0 Å². The highest BCUT2D eigenvalue weighted by Gasteiger charge is 2.09. The molecule has 0 aliphatic heterocycles. The Bertz CT molecular complexity index is 966. The van der Waals surface area contributed by atoms with Gasteiger partial charge in [0.15, 0.2) is 0 Å². The molecule has 2 N–H and O–H groups in total. The molecular formula is C23H20N2O3. The Morgan fingerprint density at radius 1 is 0.714 bits per heavy atom. The van der Waals surface area contributed by atoms with Gasteiger partial charge in [-0.25, -0.2) is 5.43 Å². The van der Waals surface area contributed by atoms with Crippen LogP contribution < -0.4 is 5.43 Å². The van der Waals surface area contributed by atoms with Crippen LogP contribution in [-0.2, 0) is 4.79 Å². The minimum absolute atomic E-state index is 0.0601. The van der Waals surface area contributed by atoms with Gasteiger partial charge in [-0.2, -0.15) is 5.10 Å². The Hall–Kier alpha value is -3.73. The lowest BCUT2D eigenvalue weighted by Gasteiger charge is -2.07. The number of carboxylic acids is 1. The molecule has 3 rings (SSSR count). The summed E-state index contributed by atoms with van der Waals surface area (Å²) in [5.41, 5.74) is 6.42. The molecule has 0 saturated heterocycles. The van der Waals surface area contributed by atoms with Crippen molar-refractivity contribution in [1.82, 2.24) is 5.43 Å². The number of carboxylic acid groups (broad SMARTS) is 1. The lowest BCUT2D eigenvalue weighted by atomic mass is 10.0. The molecule has 1 amide bonds. The second kappa shape index (κ2) is 9.28. The Balaban J connectivity index is 1.73. The number of hydrazone groups is 1. The van der Waals surface area contributed by atoms with Gasteiger partial charge in [0.25, 0.3) is 5.91 Å². The first-order valence-electron chi connectivity index (χ1n) is 8.93. The molecule has 0 aliphatic rings. The summed E-state index contributed by atoms with van der Waals surface area (Å²) in [6, 6.07) is 26.4. The highest BCUT2D eigenvalue weighted by Crippen LogP contribution is 2.19. The summed E-state index contributed by atoms with van der Waals surface area (Å²) in [5.74, 6) is -1.25. The standard InChI is InChI=1S/C23H20N2O3/c26-22(27)16-15-21(19-9-5-2-6-10-19)24-25-23(28)20-13-11-18(12-14-20)17-7-3-1-4-8-17/h1-14H,15-16H2,(H,25,28)(H,26,27)/b24-21+. The van der Waals surface area contributed by atoms with E-state index in [9.17, 15) is 9.59 Å². The van der Waals surface area contributed by atoms with Crippen LogP contribution >= 0.6 is 0 Å². The highest BCUT2D eigenvalue weighted by molar-refractivity contribution is 6.03. The summed E-state index contributed by atoms with van der Waals surface area (Å²) in [6.07, 6.45) is 0.169. The molecule has 0 spiro atoms. The van der Waals surface area contributed by atoms with Crippen LogP contribution in [0, 0.1) is 0 Å². The first kappa shape index (κ1) is 19.0. The van der Waals surface area contributed by atoms with Crippen LogP contribution in [0.15, 0.2) is 90.0 Å². The van der Waals surface area contributed by atoms with Crippen molar-refractivity contribution >= 4 is 17.6 Å². The van der Waals surface area contributed by atoms with Crippen molar-refractivity contribution in [2.24, 2.45) is 5.10 Å². The van der Waals surface area contributed by atoms with E-state index in [2.05, 4.69) is 10.5 Å². The van der Waals surface area contributed by atoms with Gasteiger partial charge in [-0.1, -0.05) is 72.8 Å². The molecule has 3 aromatic carbocycles. The van der Waals surface area contributed by atoms with Crippen molar-refractivity contribution in [3.8, 4) is 11.1 Å². The van der Waals surface area contributed by atoms with Crippen LogP contribution in [0.5, 0.6) is 0 Å². The number of hydrogen-bond acceptors (Lipinski definition) is 3. The lowest BCUT2D eigenvalue weighted by molar-refractivity contribution is -0.136. The van der Waals surface area contributed by atoms with Crippen molar-refractivity contribution in [3.05, 3.63) is 96.1 Å². The number of nitrogens with zero attached hydrogens (tertiary/aromatic N) is 1.